The van der Waals surface area contributed by atoms with Crippen molar-refractivity contribution in [2.24, 2.45) is 7.05 Å². The molecule has 4 heterocycles. The van der Waals surface area contributed by atoms with E-state index in [-0.39, 0.29) is 5.88 Å². The number of methoxy groups -OCH3 is 2. The highest BCUT2D eigenvalue weighted by Gasteiger charge is 2.21. The zero-order valence-corrected chi connectivity index (χ0v) is 18.2. The van der Waals surface area contributed by atoms with Crippen LogP contribution in [-0.2, 0) is 11.8 Å². The van der Waals surface area contributed by atoms with Gasteiger partial charge in [-0.05, 0) is 31.5 Å². The molecule has 0 unspecified atom stereocenters. The minimum Gasteiger partial charge on any atom is -0.494 e. The van der Waals surface area contributed by atoms with Crippen LogP contribution in [0.3, 0.4) is 0 Å². The number of rotatable bonds is 7. The molecule has 1 N–H and O–H groups in total. The molecular weight excluding hydrogens is 398 g/mol. The van der Waals surface area contributed by atoms with Gasteiger partial charge >= 0.3 is 0 Å². The normalized spacial score (nSPS) is 11.3. The van der Waals surface area contributed by atoms with E-state index in [9.17, 15) is 5.11 Å². The van der Waals surface area contributed by atoms with E-state index in [1.165, 1.54) is 0 Å². The molecule has 0 spiro atoms. The van der Waals surface area contributed by atoms with E-state index in [2.05, 4.69) is 10.1 Å². The van der Waals surface area contributed by atoms with E-state index < -0.39 is 0 Å². The highest BCUT2D eigenvalue weighted by molar-refractivity contribution is 5.93. The van der Waals surface area contributed by atoms with Crippen molar-refractivity contribution in [2.45, 2.75) is 13.8 Å². The standard InChI is InChI=1S/C22H25N5O4/c1-13-10-16(15-11-17(30-5)21(23-12-15)31-9-8-29-4)24-20-14(2)27(22(28)19(13)20)18-6-7-26(3)25-18/h6-7,10-12,28H,8-9H2,1-5H3. The Morgan fingerprint density at radius 2 is 1.94 bits per heavy atom. The van der Waals surface area contributed by atoms with Crippen molar-refractivity contribution in [1.82, 2.24) is 24.3 Å². The van der Waals surface area contributed by atoms with Crippen LogP contribution in [-0.4, -0.2) is 56.9 Å². The SMILES string of the molecule is COCCOc1ncc(-c2cc(C)c3c(O)n(-c4ccn(C)n4)c(C)c3n2)cc1OC. The van der Waals surface area contributed by atoms with Gasteiger partial charge in [-0.25, -0.2) is 9.97 Å². The molecule has 4 aromatic rings. The Labute approximate surface area is 179 Å². The molecule has 9 nitrogen and oxygen atoms in total. The molecule has 31 heavy (non-hydrogen) atoms. The predicted molar refractivity (Wildman–Crippen MR) is 116 cm³/mol. The number of fused-ring (bicyclic) bond motifs is 1. The highest BCUT2D eigenvalue weighted by atomic mass is 16.5. The lowest BCUT2D eigenvalue weighted by molar-refractivity contribution is 0.141. The molecule has 0 aliphatic carbocycles. The Balaban J connectivity index is 1.80. The van der Waals surface area contributed by atoms with Gasteiger partial charge in [0.15, 0.2) is 11.6 Å². The molecular formula is C22H25N5O4. The second-order valence-electron chi connectivity index (χ2n) is 7.21. The average molecular weight is 423 g/mol. The Kier molecular flexibility index (Phi) is 5.51. The first-order chi connectivity index (χ1) is 14.9. The summed E-state index contributed by atoms with van der Waals surface area (Å²) in [6, 6.07) is 5.61. The number of aromatic hydroxyl groups is 1. The molecule has 0 bridgehead atoms. The fourth-order valence-electron chi connectivity index (χ4n) is 3.59. The molecule has 0 atom stereocenters. The molecule has 0 fully saturated rings. The molecule has 0 radical (unpaired) electrons. The lowest BCUT2D eigenvalue weighted by atomic mass is 10.1. The van der Waals surface area contributed by atoms with Crippen LogP contribution in [0.1, 0.15) is 11.3 Å². The molecule has 0 amide bonds. The summed E-state index contributed by atoms with van der Waals surface area (Å²) in [7, 11) is 5.02. The first kappa shape index (κ1) is 20.7. The summed E-state index contributed by atoms with van der Waals surface area (Å²) in [5.41, 5.74) is 3.91. The van der Waals surface area contributed by atoms with Gasteiger partial charge in [0.25, 0.3) is 5.88 Å². The first-order valence-electron chi connectivity index (χ1n) is 9.82. The van der Waals surface area contributed by atoms with Crippen LogP contribution in [0.4, 0.5) is 0 Å². The van der Waals surface area contributed by atoms with Gasteiger partial charge in [-0.15, -0.1) is 0 Å². The van der Waals surface area contributed by atoms with Crippen molar-refractivity contribution in [3.8, 4) is 34.6 Å². The second kappa shape index (κ2) is 8.27. The molecule has 0 aromatic carbocycles. The van der Waals surface area contributed by atoms with Gasteiger partial charge in [0.2, 0.25) is 5.88 Å². The number of aryl methyl sites for hydroxylation is 3. The summed E-state index contributed by atoms with van der Waals surface area (Å²) < 4.78 is 19.5. The van der Waals surface area contributed by atoms with Crippen molar-refractivity contribution < 1.29 is 19.3 Å². The van der Waals surface area contributed by atoms with Gasteiger partial charge in [-0.2, -0.15) is 5.10 Å². The summed E-state index contributed by atoms with van der Waals surface area (Å²) >= 11 is 0. The number of hydrogen-bond acceptors (Lipinski definition) is 7. The third-order valence-electron chi connectivity index (χ3n) is 5.12. The van der Waals surface area contributed by atoms with Crippen molar-refractivity contribution in [2.75, 3.05) is 27.4 Å². The zero-order valence-electron chi connectivity index (χ0n) is 18.2. The summed E-state index contributed by atoms with van der Waals surface area (Å²) in [5.74, 6) is 1.67. The maximum atomic E-state index is 10.9. The van der Waals surface area contributed by atoms with Gasteiger partial charge in [-0.1, -0.05) is 0 Å². The molecule has 162 valence electrons. The smallest absolute Gasteiger partial charge is 0.257 e. The summed E-state index contributed by atoms with van der Waals surface area (Å²) in [6.07, 6.45) is 3.53. The lowest BCUT2D eigenvalue weighted by Gasteiger charge is -2.11. The third-order valence-corrected chi connectivity index (χ3v) is 5.12. The van der Waals surface area contributed by atoms with Crippen molar-refractivity contribution in [3.05, 3.63) is 41.9 Å². The Hall–Kier alpha value is -3.59. The van der Waals surface area contributed by atoms with Crippen LogP contribution in [0.25, 0.3) is 28.0 Å². The molecule has 4 rings (SSSR count). The van der Waals surface area contributed by atoms with Crippen LogP contribution >= 0.6 is 0 Å². The fourth-order valence-corrected chi connectivity index (χ4v) is 3.59. The van der Waals surface area contributed by atoms with E-state index >= 15 is 0 Å². The average Bonchev–Trinajstić information content (AvgIpc) is 3.29. The minimum atomic E-state index is 0.125. The Morgan fingerprint density at radius 1 is 1.13 bits per heavy atom. The topological polar surface area (TPSA) is 96.5 Å². The van der Waals surface area contributed by atoms with Gasteiger partial charge < -0.3 is 19.3 Å². The molecule has 9 heteroatoms. The van der Waals surface area contributed by atoms with E-state index in [4.69, 9.17) is 19.2 Å². The fraction of sp³-hybridized carbons (Fsp3) is 0.318. The van der Waals surface area contributed by atoms with Gasteiger partial charge in [0.05, 0.1) is 36.0 Å². The highest BCUT2D eigenvalue weighted by Crippen LogP contribution is 2.37. The molecule has 0 saturated carbocycles. The second-order valence-corrected chi connectivity index (χ2v) is 7.21. The van der Waals surface area contributed by atoms with Crippen molar-refractivity contribution >= 4 is 10.9 Å². The van der Waals surface area contributed by atoms with Crippen molar-refractivity contribution in [3.63, 3.8) is 0 Å². The molecule has 0 saturated heterocycles. The summed E-state index contributed by atoms with van der Waals surface area (Å²) in [5, 5.41) is 16.0. The Bertz CT molecular complexity index is 1240. The van der Waals surface area contributed by atoms with Crippen LogP contribution in [0, 0.1) is 13.8 Å². The largest absolute Gasteiger partial charge is 0.494 e. The first-order valence-corrected chi connectivity index (χ1v) is 9.82. The van der Waals surface area contributed by atoms with Crippen LogP contribution in [0.2, 0.25) is 0 Å². The summed E-state index contributed by atoms with van der Waals surface area (Å²) in [6.45, 7) is 4.70. The van der Waals surface area contributed by atoms with Gasteiger partial charge in [0.1, 0.15) is 6.61 Å². The lowest BCUT2D eigenvalue weighted by Crippen LogP contribution is -2.06. The van der Waals surface area contributed by atoms with E-state index in [0.717, 1.165) is 22.5 Å². The van der Waals surface area contributed by atoms with Gasteiger partial charge in [0, 0.05) is 38.2 Å². The van der Waals surface area contributed by atoms with Gasteiger partial charge in [-0.3, -0.25) is 9.25 Å². The monoisotopic (exact) mass is 423 g/mol. The number of hydrogen-bond donors (Lipinski definition) is 1. The quantitative estimate of drug-likeness (QED) is 0.456. The van der Waals surface area contributed by atoms with E-state index in [1.54, 1.807) is 29.7 Å². The van der Waals surface area contributed by atoms with Crippen LogP contribution < -0.4 is 9.47 Å². The zero-order chi connectivity index (χ0) is 22.1. The van der Waals surface area contributed by atoms with E-state index in [1.807, 2.05) is 45.3 Å². The third kappa shape index (κ3) is 3.68. The molecule has 0 aliphatic heterocycles. The number of nitrogens with zero attached hydrogens (tertiary/aromatic N) is 5. The number of pyridine rings is 2. The predicted octanol–water partition coefficient (Wildman–Crippen LogP) is 3.18. The maximum Gasteiger partial charge on any atom is 0.257 e. The maximum absolute atomic E-state index is 10.9. The van der Waals surface area contributed by atoms with E-state index in [0.29, 0.717) is 41.6 Å². The number of aromatic nitrogens is 5. The van der Waals surface area contributed by atoms with Crippen LogP contribution in [0.5, 0.6) is 17.5 Å². The number of ether oxygens (including phenoxy) is 3. The van der Waals surface area contributed by atoms with Crippen molar-refractivity contribution in [1.29, 1.82) is 0 Å². The minimum absolute atomic E-state index is 0.125. The summed E-state index contributed by atoms with van der Waals surface area (Å²) in [4.78, 5) is 9.22. The van der Waals surface area contributed by atoms with Crippen LogP contribution in [0.15, 0.2) is 30.6 Å². The molecule has 4 aromatic heterocycles. The Morgan fingerprint density at radius 3 is 2.61 bits per heavy atom. The molecule has 0 aliphatic rings.